The standard InChI is InChI=1S/C58H103NO4/c1-8-9-10-11-12-13-14-15-16-17-18-19-20-21-22-25-40-61-47-52(46-59-38-33-49(4)34-39-59)62-43-41-60-42-44-63-56(5)36-37-57(6)51(45-56)29-31-55-54-30-28-50(27-24-23-26-48(2)3)53(54)32-35-58(55,57)7/h12-13,15-16,29,48-50,52-55H,8-11,14,17-28,30-47H2,1-7H3/b13-12-,16-15-/t50-,52?,53?,54?,55?,56-,57-,58-/m0/s1. The minimum Gasteiger partial charge on any atom is -0.379 e. The van der Waals surface area contributed by atoms with E-state index in [-0.39, 0.29) is 11.7 Å². The SMILES string of the molecule is CCCCC/C=C\C/C=C\CCCCCCCCOCC(CN1CCC(C)CC1)OCCOCCO[C@@]1(C)CC[C@@]2(C)C(=CCC3C4CC[C@H](CCCCC(C)C)C4CC[C@@]32C)C1. The Kier molecular flexibility index (Phi) is 23.9. The van der Waals surface area contributed by atoms with Gasteiger partial charge in [0.05, 0.1) is 44.7 Å². The van der Waals surface area contributed by atoms with Crippen LogP contribution in [0.3, 0.4) is 0 Å². The molecule has 3 saturated carbocycles. The minimum atomic E-state index is -0.0867. The number of rotatable bonds is 32. The second-order valence-corrected chi connectivity index (χ2v) is 22.9. The van der Waals surface area contributed by atoms with Crippen LogP contribution in [0.5, 0.6) is 0 Å². The molecule has 5 nitrogen and oxygen atoms in total. The molecule has 0 spiro atoms. The fourth-order valence-corrected chi connectivity index (χ4v) is 13.2. The van der Waals surface area contributed by atoms with Crippen LogP contribution >= 0.6 is 0 Å². The average Bonchev–Trinajstić information content (AvgIpc) is 3.68. The van der Waals surface area contributed by atoms with Crippen LogP contribution in [0.2, 0.25) is 0 Å². The van der Waals surface area contributed by atoms with Crippen molar-refractivity contribution in [2.75, 3.05) is 59.3 Å². The number of fused-ring (bicyclic) bond motifs is 5. The van der Waals surface area contributed by atoms with Gasteiger partial charge in [-0.25, -0.2) is 0 Å². The quantitative estimate of drug-likeness (QED) is 0.0497. The lowest BCUT2D eigenvalue weighted by Crippen LogP contribution is -2.56. The van der Waals surface area contributed by atoms with Gasteiger partial charge in [0.25, 0.3) is 0 Å². The van der Waals surface area contributed by atoms with Crippen LogP contribution in [0.15, 0.2) is 36.0 Å². The summed E-state index contributed by atoms with van der Waals surface area (Å²) in [6.07, 6.45) is 46.6. The van der Waals surface area contributed by atoms with Gasteiger partial charge >= 0.3 is 0 Å². The lowest BCUT2D eigenvalue weighted by molar-refractivity contribution is -0.124. The van der Waals surface area contributed by atoms with Gasteiger partial charge in [-0.15, -0.1) is 0 Å². The highest BCUT2D eigenvalue weighted by Gasteiger charge is 2.61. The molecule has 4 unspecified atom stereocenters. The monoisotopic (exact) mass is 878 g/mol. The molecule has 1 heterocycles. The van der Waals surface area contributed by atoms with E-state index in [1.807, 2.05) is 0 Å². The molecular formula is C58H103NO4. The third-order valence-corrected chi connectivity index (χ3v) is 17.7. The number of unbranched alkanes of at least 4 members (excludes halogenated alkanes) is 10. The Bertz CT molecular complexity index is 1320. The molecule has 63 heavy (non-hydrogen) atoms. The van der Waals surface area contributed by atoms with E-state index in [0.717, 1.165) is 74.3 Å². The van der Waals surface area contributed by atoms with Crippen LogP contribution in [-0.4, -0.2) is 75.9 Å². The summed E-state index contributed by atoms with van der Waals surface area (Å²) in [5, 5.41) is 0. The van der Waals surface area contributed by atoms with E-state index < -0.39 is 0 Å². The van der Waals surface area contributed by atoms with Gasteiger partial charge in [0.15, 0.2) is 0 Å². The first-order valence-corrected chi connectivity index (χ1v) is 27.7. The molecule has 0 bridgehead atoms. The molecule has 0 N–H and O–H groups in total. The molecule has 5 rings (SSSR count). The van der Waals surface area contributed by atoms with E-state index in [0.29, 0.717) is 43.9 Å². The van der Waals surface area contributed by atoms with E-state index >= 15 is 0 Å². The first-order valence-electron chi connectivity index (χ1n) is 27.7. The predicted octanol–water partition coefficient (Wildman–Crippen LogP) is 15.5. The van der Waals surface area contributed by atoms with Gasteiger partial charge in [-0.05, 0) is 169 Å². The van der Waals surface area contributed by atoms with E-state index in [4.69, 9.17) is 18.9 Å². The average molecular weight is 878 g/mol. The van der Waals surface area contributed by atoms with Crippen molar-refractivity contribution < 1.29 is 18.9 Å². The maximum absolute atomic E-state index is 6.72. The molecule has 0 amide bonds. The van der Waals surface area contributed by atoms with E-state index in [1.54, 1.807) is 5.57 Å². The third kappa shape index (κ3) is 16.9. The summed E-state index contributed by atoms with van der Waals surface area (Å²) in [5.74, 6) is 5.53. The zero-order chi connectivity index (χ0) is 44.8. The second-order valence-electron chi connectivity index (χ2n) is 22.9. The van der Waals surface area contributed by atoms with Gasteiger partial charge in [0.1, 0.15) is 0 Å². The van der Waals surface area contributed by atoms with Crippen molar-refractivity contribution in [1.29, 1.82) is 0 Å². The summed E-state index contributed by atoms with van der Waals surface area (Å²) >= 11 is 0. The molecule has 0 aromatic rings. The van der Waals surface area contributed by atoms with Gasteiger partial charge in [-0.3, -0.25) is 0 Å². The highest BCUT2D eigenvalue weighted by atomic mass is 16.6. The van der Waals surface area contributed by atoms with Gasteiger partial charge < -0.3 is 23.8 Å². The van der Waals surface area contributed by atoms with Crippen LogP contribution in [0.4, 0.5) is 0 Å². The number of likely N-dealkylation sites (tertiary alicyclic amines) is 1. The molecule has 8 atom stereocenters. The number of hydrogen-bond acceptors (Lipinski definition) is 5. The van der Waals surface area contributed by atoms with Crippen molar-refractivity contribution in [3.63, 3.8) is 0 Å². The summed E-state index contributed by atoms with van der Waals surface area (Å²) in [6, 6.07) is 0. The smallest absolute Gasteiger partial charge is 0.0936 e. The molecule has 4 aliphatic carbocycles. The second kappa shape index (κ2) is 28.4. The zero-order valence-corrected chi connectivity index (χ0v) is 42.8. The van der Waals surface area contributed by atoms with E-state index in [2.05, 4.69) is 83.7 Å². The number of allylic oxidation sites excluding steroid dienone is 5. The Morgan fingerprint density at radius 1 is 0.714 bits per heavy atom. The summed E-state index contributed by atoms with van der Waals surface area (Å²) in [5.41, 5.74) is 2.39. The number of hydrogen-bond donors (Lipinski definition) is 0. The van der Waals surface area contributed by atoms with Crippen LogP contribution in [-0.2, 0) is 18.9 Å². The maximum atomic E-state index is 6.72. The van der Waals surface area contributed by atoms with Crippen LogP contribution in [0.25, 0.3) is 0 Å². The highest BCUT2D eigenvalue weighted by molar-refractivity contribution is 5.29. The van der Waals surface area contributed by atoms with E-state index in [1.165, 1.54) is 154 Å². The van der Waals surface area contributed by atoms with Gasteiger partial charge in [-0.1, -0.05) is 142 Å². The largest absolute Gasteiger partial charge is 0.379 e. The Labute approximate surface area is 391 Å². The van der Waals surface area contributed by atoms with Gasteiger partial charge in [0, 0.05) is 13.2 Å². The van der Waals surface area contributed by atoms with Crippen LogP contribution < -0.4 is 0 Å². The van der Waals surface area contributed by atoms with E-state index in [9.17, 15) is 0 Å². The van der Waals surface area contributed by atoms with Gasteiger partial charge in [-0.2, -0.15) is 0 Å². The number of piperidine rings is 1. The Morgan fingerprint density at radius 2 is 1.44 bits per heavy atom. The lowest BCUT2D eigenvalue weighted by Gasteiger charge is -2.63. The van der Waals surface area contributed by atoms with Crippen molar-refractivity contribution in [3.8, 4) is 0 Å². The predicted molar refractivity (Wildman–Crippen MR) is 268 cm³/mol. The highest BCUT2D eigenvalue weighted by Crippen LogP contribution is 2.69. The first kappa shape index (κ1) is 53.0. The molecule has 0 radical (unpaired) electrons. The topological polar surface area (TPSA) is 40.2 Å². The number of nitrogens with zero attached hydrogens (tertiary/aromatic N) is 1. The molecule has 0 aromatic carbocycles. The minimum absolute atomic E-state index is 0.0867. The van der Waals surface area contributed by atoms with Crippen LogP contribution in [0.1, 0.15) is 215 Å². The molecule has 5 aliphatic rings. The first-order chi connectivity index (χ1) is 30.6. The van der Waals surface area contributed by atoms with Crippen molar-refractivity contribution in [2.45, 2.75) is 227 Å². The molecule has 1 aliphatic heterocycles. The number of ether oxygens (including phenoxy) is 4. The van der Waals surface area contributed by atoms with Crippen molar-refractivity contribution in [1.82, 2.24) is 4.90 Å². The summed E-state index contributed by atoms with van der Waals surface area (Å²) in [7, 11) is 0. The Morgan fingerprint density at radius 3 is 2.21 bits per heavy atom. The third-order valence-electron chi connectivity index (χ3n) is 17.7. The van der Waals surface area contributed by atoms with Crippen molar-refractivity contribution in [2.24, 2.45) is 46.3 Å². The normalized spacial score (nSPS) is 30.9. The van der Waals surface area contributed by atoms with Gasteiger partial charge in [0.2, 0.25) is 0 Å². The zero-order valence-electron chi connectivity index (χ0n) is 42.8. The van der Waals surface area contributed by atoms with Crippen LogP contribution in [0, 0.1) is 46.3 Å². The fraction of sp³-hybridized carbons (Fsp3) is 0.897. The molecule has 1 saturated heterocycles. The lowest BCUT2D eigenvalue weighted by atomic mass is 9.42. The molecular weight excluding hydrogens is 775 g/mol. The summed E-state index contributed by atoms with van der Waals surface area (Å²) in [4.78, 5) is 2.59. The maximum Gasteiger partial charge on any atom is 0.0936 e. The van der Waals surface area contributed by atoms with Crippen molar-refractivity contribution >= 4 is 0 Å². The molecule has 364 valence electrons. The summed E-state index contributed by atoms with van der Waals surface area (Å²) < 4.78 is 25.6. The molecule has 4 fully saturated rings. The van der Waals surface area contributed by atoms with Crippen molar-refractivity contribution in [3.05, 3.63) is 36.0 Å². The Hall–Kier alpha value is -0.980. The fourth-order valence-electron chi connectivity index (χ4n) is 13.2. The molecule has 0 aromatic heterocycles. The Balaban J connectivity index is 0.934. The summed E-state index contributed by atoms with van der Waals surface area (Å²) in [6.45, 7) is 24.6. The molecule has 5 heteroatoms.